The molecule has 1 heterocycles. The average Bonchev–Trinajstić information content (AvgIpc) is 3.68. The van der Waals surface area contributed by atoms with Crippen LogP contribution in [0.2, 0.25) is 0 Å². The van der Waals surface area contributed by atoms with E-state index in [-0.39, 0.29) is 18.5 Å². The third kappa shape index (κ3) is 54.7. The molecule has 11 nitrogen and oxygen atoms in total. The number of hydrogen-bond donors (Lipinski definition) is 6. The summed E-state index contributed by atoms with van der Waals surface area (Å²) in [4.78, 5) is 25.1. The van der Waals surface area contributed by atoms with Crippen molar-refractivity contribution >= 4 is 11.9 Å². The smallest absolute Gasteiger partial charge is 0.305 e. The Morgan fingerprint density at radius 1 is 0.409 bits per heavy atom. The number of ether oxygens (including phenoxy) is 3. The van der Waals surface area contributed by atoms with E-state index < -0.39 is 49.5 Å². The average molecular weight is 1250 g/mol. The van der Waals surface area contributed by atoms with Gasteiger partial charge in [0.25, 0.3) is 0 Å². The number of hydrogen-bond acceptors (Lipinski definition) is 10. The van der Waals surface area contributed by atoms with Crippen LogP contribution in [0.1, 0.15) is 393 Å². The molecule has 0 spiro atoms. The molecule has 0 bridgehead atoms. The number of esters is 1. The molecule has 1 fully saturated rings. The molecule has 6 N–H and O–H groups in total. The second-order valence-corrected chi connectivity index (χ2v) is 27.1. The molecule has 0 aromatic heterocycles. The summed E-state index contributed by atoms with van der Waals surface area (Å²) in [6.07, 6.45) is 74.8. The van der Waals surface area contributed by atoms with Crippen LogP contribution in [0.5, 0.6) is 0 Å². The number of aliphatic hydroxyl groups is 5. The van der Waals surface area contributed by atoms with Crippen LogP contribution in [0.25, 0.3) is 0 Å². The van der Waals surface area contributed by atoms with Crippen molar-refractivity contribution in [2.24, 2.45) is 0 Å². The topological polar surface area (TPSA) is 175 Å². The van der Waals surface area contributed by atoms with Gasteiger partial charge in [-0.3, -0.25) is 9.59 Å². The number of nitrogens with one attached hydrogen (secondary N) is 1. The minimum Gasteiger partial charge on any atom is -0.466 e. The van der Waals surface area contributed by atoms with Crippen molar-refractivity contribution in [2.75, 3.05) is 19.8 Å². The first-order valence-electron chi connectivity index (χ1n) is 38.6. The summed E-state index contributed by atoms with van der Waals surface area (Å²) in [5.41, 5.74) is 0. The summed E-state index contributed by atoms with van der Waals surface area (Å²) in [6, 6.07) is -0.824. The second-order valence-electron chi connectivity index (χ2n) is 27.1. The maximum atomic E-state index is 13.1. The summed E-state index contributed by atoms with van der Waals surface area (Å²) in [7, 11) is 0. The third-order valence-electron chi connectivity index (χ3n) is 18.6. The molecule has 0 aromatic carbocycles. The molecule has 1 aliphatic heterocycles. The van der Waals surface area contributed by atoms with Gasteiger partial charge in [-0.25, -0.2) is 0 Å². The van der Waals surface area contributed by atoms with Gasteiger partial charge in [-0.1, -0.05) is 359 Å². The van der Waals surface area contributed by atoms with E-state index in [0.717, 1.165) is 51.4 Å². The molecule has 0 radical (unpaired) electrons. The molecule has 520 valence electrons. The van der Waals surface area contributed by atoms with Crippen LogP contribution in [-0.4, -0.2) is 100 Å². The van der Waals surface area contributed by atoms with Gasteiger partial charge < -0.3 is 45.1 Å². The molecule has 7 unspecified atom stereocenters. The lowest BCUT2D eigenvalue weighted by atomic mass is 9.99. The van der Waals surface area contributed by atoms with Crippen molar-refractivity contribution in [1.29, 1.82) is 0 Å². The Kier molecular flexibility index (Phi) is 63.7. The van der Waals surface area contributed by atoms with E-state index in [1.165, 1.54) is 315 Å². The Morgan fingerprint density at radius 2 is 0.739 bits per heavy atom. The van der Waals surface area contributed by atoms with Crippen molar-refractivity contribution in [2.45, 2.75) is 436 Å². The summed E-state index contributed by atoms with van der Waals surface area (Å²) in [5.74, 6) is -0.168. The lowest BCUT2D eigenvalue weighted by molar-refractivity contribution is -0.302. The largest absolute Gasteiger partial charge is 0.466 e. The van der Waals surface area contributed by atoms with E-state index in [1.54, 1.807) is 6.08 Å². The van der Waals surface area contributed by atoms with Gasteiger partial charge in [-0.2, -0.15) is 0 Å². The first kappa shape index (κ1) is 84.2. The van der Waals surface area contributed by atoms with Gasteiger partial charge >= 0.3 is 5.97 Å². The molecule has 0 saturated carbocycles. The molecule has 7 atom stereocenters. The van der Waals surface area contributed by atoms with Crippen molar-refractivity contribution in [3.63, 3.8) is 0 Å². The van der Waals surface area contributed by atoms with Gasteiger partial charge in [-0.05, 0) is 44.9 Å². The summed E-state index contributed by atoms with van der Waals surface area (Å²) >= 11 is 0. The van der Waals surface area contributed by atoms with E-state index in [9.17, 15) is 35.1 Å². The maximum absolute atomic E-state index is 13.1. The molecule has 0 aliphatic carbocycles. The number of carbonyl (C=O) groups excluding carboxylic acids is 2. The molecule has 88 heavy (non-hydrogen) atoms. The number of carbonyl (C=O) groups is 2. The fraction of sp³-hybridized carbons (Fsp3) is 0.922. The fourth-order valence-corrected chi connectivity index (χ4v) is 12.5. The van der Waals surface area contributed by atoms with Crippen LogP contribution in [0.15, 0.2) is 24.3 Å². The molecule has 1 aliphatic rings. The maximum Gasteiger partial charge on any atom is 0.305 e. The molecular formula is C77H147NO10. The lowest BCUT2D eigenvalue weighted by Crippen LogP contribution is -2.60. The highest BCUT2D eigenvalue weighted by molar-refractivity contribution is 5.76. The SMILES string of the molecule is CCCCCCCCCCC/C=C/CC/C=C/C(O)C(COC1OC(CO)C(O)C(O)C1O)NC(=O)CCCCCCCCCCCCCCCCCCCCCCCCCCCCCCCCCCCOC(=O)CCCCCCCCCCCCCC. The van der Waals surface area contributed by atoms with Gasteiger partial charge in [0.15, 0.2) is 6.29 Å². The van der Waals surface area contributed by atoms with E-state index in [1.807, 2.05) is 6.08 Å². The van der Waals surface area contributed by atoms with Crippen LogP contribution in [-0.2, 0) is 23.8 Å². The van der Waals surface area contributed by atoms with Gasteiger partial charge in [0, 0.05) is 12.8 Å². The minimum atomic E-state index is -1.57. The van der Waals surface area contributed by atoms with E-state index >= 15 is 0 Å². The highest BCUT2D eigenvalue weighted by Gasteiger charge is 2.44. The molecule has 1 amide bonds. The number of aliphatic hydroxyl groups excluding tert-OH is 5. The Balaban J connectivity index is 1.94. The zero-order valence-electron chi connectivity index (χ0n) is 58.0. The highest BCUT2D eigenvalue weighted by Crippen LogP contribution is 2.24. The van der Waals surface area contributed by atoms with E-state index in [4.69, 9.17) is 14.2 Å². The van der Waals surface area contributed by atoms with Crippen LogP contribution < -0.4 is 5.32 Å². The predicted molar refractivity (Wildman–Crippen MR) is 371 cm³/mol. The quantitative estimate of drug-likeness (QED) is 0.0195. The second kappa shape index (κ2) is 66.6. The zero-order chi connectivity index (χ0) is 63.7. The highest BCUT2D eigenvalue weighted by atomic mass is 16.7. The standard InChI is InChI=1S/C77H147NO10/c1-3-5-7-9-11-13-15-17-37-40-43-47-51-55-59-63-70(80)69(68-87-77-76(85)75(84)74(83)71(67-79)88-77)78-72(81)64-60-56-52-48-44-41-38-35-33-31-29-27-25-23-21-19-18-20-22-24-26-28-30-32-34-36-39-42-46-50-54-58-62-66-86-73(82)65-61-57-53-49-45-16-14-12-10-8-6-4-2/h43,47,59,63,69-71,74-77,79-80,83-85H,3-42,44-46,48-58,60-62,64-68H2,1-2H3,(H,78,81)/b47-43+,63-59+. The Bertz CT molecular complexity index is 1510. The fourth-order valence-electron chi connectivity index (χ4n) is 12.5. The minimum absolute atomic E-state index is 0.0157. The van der Waals surface area contributed by atoms with E-state index in [0.29, 0.717) is 19.4 Å². The Labute approximate surface area is 543 Å². The molecule has 11 heteroatoms. The number of unbranched alkanes of at least 4 members (excludes halogenated alkanes) is 53. The summed E-state index contributed by atoms with van der Waals surface area (Å²) in [5, 5.41) is 54.6. The van der Waals surface area contributed by atoms with Crippen LogP contribution in [0.3, 0.4) is 0 Å². The first-order chi connectivity index (χ1) is 43.2. The van der Waals surface area contributed by atoms with Crippen molar-refractivity contribution in [1.82, 2.24) is 5.32 Å². The van der Waals surface area contributed by atoms with Crippen LogP contribution in [0.4, 0.5) is 0 Å². The predicted octanol–water partition coefficient (Wildman–Crippen LogP) is 20.4. The van der Waals surface area contributed by atoms with Crippen molar-refractivity contribution in [3.05, 3.63) is 24.3 Å². The van der Waals surface area contributed by atoms with Crippen LogP contribution >= 0.6 is 0 Å². The van der Waals surface area contributed by atoms with Gasteiger partial charge in [0.2, 0.25) is 5.91 Å². The normalized spacial score (nSPS) is 17.8. The first-order valence-corrected chi connectivity index (χ1v) is 38.6. The molecule has 1 saturated heterocycles. The monoisotopic (exact) mass is 1250 g/mol. The lowest BCUT2D eigenvalue weighted by Gasteiger charge is -2.40. The van der Waals surface area contributed by atoms with Crippen molar-refractivity contribution in [3.8, 4) is 0 Å². The molecular weight excluding hydrogens is 1100 g/mol. The van der Waals surface area contributed by atoms with Crippen molar-refractivity contribution < 1.29 is 49.3 Å². The van der Waals surface area contributed by atoms with Gasteiger partial charge in [0.05, 0.1) is 32.0 Å². The van der Waals surface area contributed by atoms with E-state index in [2.05, 4.69) is 31.3 Å². The molecule has 1 rings (SSSR count). The van der Waals surface area contributed by atoms with Crippen LogP contribution in [0, 0.1) is 0 Å². The Hall–Kier alpha value is -1.86. The Morgan fingerprint density at radius 3 is 1.12 bits per heavy atom. The zero-order valence-corrected chi connectivity index (χ0v) is 58.0. The summed E-state index contributed by atoms with van der Waals surface area (Å²) in [6.45, 7) is 4.38. The van der Waals surface area contributed by atoms with Gasteiger partial charge in [-0.15, -0.1) is 0 Å². The third-order valence-corrected chi connectivity index (χ3v) is 18.6. The number of amides is 1. The summed E-state index contributed by atoms with van der Waals surface area (Å²) < 4.78 is 16.8. The number of rotatable bonds is 69. The van der Waals surface area contributed by atoms with Gasteiger partial charge in [0.1, 0.15) is 24.4 Å². The molecule has 0 aromatic rings. The number of allylic oxidation sites excluding steroid dienone is 3.